The van der Waals surface area contributed by atoms with Gasteiger partial charge in [-0.15, -0.1) is 0 Å². The maximum absolute atomic E-state index is 12.8. The van der Waals surface area contributed by atoms with E-state index in [2.05, 4.69) is 5.32 Å². The van der Waals surface area contributed by atoms with E-state index in [0.717, 1.165) is 16.1 Å². The van der Waals surface area contributed by atoms with Crippen molar-refractivity contribution >= 4 is 21.6 Å². The molecule has 2 aromatic rings. The highest BCUT2D eigenvalue weighted by Gasteiger charge is 2.31. The van der Waals surface area contributed by atoms with E-state index in [0.29, 0.717) is 30.4 Å². The number of hydrogen-bond acceptors (Lipinski definition) is 5. The van der Waals surface area contributed by atoms with Crippen molar-refractivity contribution in [2.24, 2.45) is 0 Å². The molecule has 2 atom stereocenters. The first-order valence-electron chi connectivity index (χ1n) is 9.02. The summed E-state index contributed by atoms with van der Waals surface area (Å²) in [6, 6.07) is 13.1. The van der Waals surface area contributed by atoms with Crippen LogP contribution >= 0.6 is 0 Å². The fourth-order valence-corrected chi connectivity index (χ4v) is 4.30. The number of hydrogen-bond donors (Lipinski definition) is 1. The number of nitrogens with zero attached hydrogens (tertiary/aromatic N) is 1. The number of carbonyl (C=O) groups is 1. The van der Waals surface area contributed by atoms with Gasteiger partial charge in [0, 0.05) is 6.07 Å². The van der Waals surface area contributed by atoms with Gasteiger partial charge in [-0.2, -0.15) is 0 Å². The zero-order valence-corrected chi connectivity index (χ0v) is 16.9. The Hall–Kier alpha value is -2.74. The van der Waals surface area contributed by atoms with E-state index in [-0.39, 0.29) is 6.04 Å². The van der Waals surface area contributed by atoms with Crippen molar-refractivity contribution in [2.45, 2.75) is 25.9 Å². The second kappa shape index (κ2) is 8.10. The third-order valence-corrected chi connectivity index (χ3v) is 5.77. The molecule has 2 aromatic carbocycles. The molecule has 7 nitrogen and oxygen atoms in total. The molecule has 1 amide bonds. The second-order valence-electron chi connectivity index (χ2n) is 6.70. The van der Waals surface area contributed by atoms with E-state index >= 15 is 0 Å². The predicted molar refractivity (Wildman–Crippen MR) is 107 cm³/mol. The Labute approximate surface area is 165 Å². The first kappa shape index (κ1) is 20.0. The number of fused-ring (bicyclic) bond motifs is 1. The lowest BCUT2D eigenvalue weighted by Gasteiger charge is -2.30. The van der Waals surface area contributed by atoms with Gasteiger partial charge in [0.1, 0.15) is 19.3 Å². The van der Waals surface area contributed by atoms with Crippen LogP contribution in [0.1, 0.15) is 25.5 Å². The third kappa shape index (κ3) is 4.39. The van der Waals surface area contributed by atoms with Crippen LogP contribution in [0.2, 0.25) is 0 Å². The van der Waals surface area contributed by atoms with Gasteiger partial charge in [-0.25, -0.2) is 8.42 Å². The molecule has 0 aromatic heterocycles. The van der Waals surface area contributed by atoms with E-state index in [1.54, 1.807) is 25.1 Å². The zero-order chi connectivity index (χ0) is 20.3. The number of sulfonamides is 1. The minimum Gasteiger partial charge on any atom is -0.486 e. The van der Waals surface area contributed by atoms with Crippen molar-refractivity contribution in [3.63, 3.8) is 0 Å². The van der Waals surface area contributed by atoms with Gasteiger partial charge in [0.05, 0.1) is 18.0 Å². The summed E-state index contributed by atoms with van der Waals surface area (Å²) in [6.07, 6.45) is 1.08. The number of carbonyl (C=O) groups excluding carboxylic acids is 1. The highest BCUT2D eigenvalue weighted by atomic mass is 32.2. The topological polar surface area (TPSA) is 84.9 Å². The van der Waals surface area contributed by atoms with Crippen LogP contribution in [-0.4, -0.2) is 39.8 Å². The minimum atomic E-state index is -3.71. The summed E-state index contributed by atoms with van der Waals surface area (Å²) in [6.45, 7) is 4.25. The number of ether oxygens (including phenoxy) is 2. The Morgan fingerprint density at radius 2 is 1.68 bits per heavy atom. The lowest BCUT2D eigenvalue weighted by Crippen LogP contribution is -2.48. The van der Waals surface area contributed by atoms with Crippen molar-refractivity contribution in [2.75, 3.05) is 23.8 Å². The van der Waals surface area contributed by atoms with Gasteiger partial charge < -0.3 is 14.8 Å². The van der Waals surface area contributed by atoms with Crippen LogP contribution in [0.3, 0.4) is 0 Å². The summed E-state index contributed by atoms with van der Waals surface area (Å²) < 4.78 is 37.1. The number of nitrogens with one attached hydrogen (secondary N) is 1. The van der Waals surface area contributed by atoms with Crippen LogP contribution in [0.15, 0.2) is 48.5 Å². The lowest BCUT2D eigenvalue weighted by molar-refractivity contribution is -0.122. The summed E-state index contributed by atoms with van der Waals surface area (Å²) >= 11 is 0. The van der Waals surface area contributed by atoms with E-state index < -0.39 is 22.0 Å². The molecule has 1 heterocycles. The smallest absolute Gasteiger partial charge is 0.244 e. The molecule has 3 rings (SSSR count). The van der Waals surface area contributed by atoms with Gasteiger partial charge in [0.25, 0.3) is 0 Å². The maximum atomic E-state index is 12.8. The number of benzene rings is 2. The Kier molecular flexibility index (Phi) is 5.79. The molecule has 0 fully saturated rings. The molecule has 0 bridgehead atoms. The number of rotatable bonds is 6. The van der Waals surface area contributed by atoms with Gasteiger partial charge in [0.15, 0.2) is 11.5 Å². The molecular weight excluding hydrogens is 380 g/mol. The lowest BCUT2D eigenvalue weighted by atomic mass is 10.1. The van der Waals surface area contributed by atoms with Crippen molar-refractivity contribution < 1.29 is 22.7 Å². The highest BCUT2D eigenvalue weighted by molar-refractivity contribution is 7.92. The third-order valence-electron chi connectivity index (χ3n) is 4.53. The second-order valence-corrected chi connectivity index (χ2v) is 8.56. The van der Waals surface area contributed by atoms with Gasteiger partial charge in [-0.3, -0.25) is 9.10 Å². The number of amides is 1. The molecular formula is C20H24N2O5S. The van der Waals surface area contributed by atoms with Crippen molar-refractivity contribution in [1.82, 2.24) is 5.32 Å². The van der Waals surface area contributed by atoms with Crippen LogP contribution in [0.5, 0.6) is 11.5 Å². The van der Waals surface area contributed by atoms with Crippen molar-refractivity contribution in [1.29, 1.82) is 0 Å². The summed E-state index contributed by atoms with van der Waals surface area (Å²) in [4.78, 5) is 12.8. The monoisotopic (exact) mass is 404 g/mol. The predicted octanol–water partition coefficient (Wildman–Crippen LogP) is 2.49. The van der Waals surface area contributed by atoms with Crippen LogP contribution in [0.4, 0.5) is 5.69 Å². The molecule has 1 aliphatic heterocycles. The van der Waals surface area contributed by atoms with E-state index in [4.69, 9.17) is 9.47 Å². The first-order chi connectivity index (χ1) is 13.3. The van der Waals surface area contributed by atoms with Crippen LogP contribution < -0.4 is 19.1 Å². The molecule has 0 unspecified atom stereocenters. The number of anilines is 1. The summed E-state index contributed by atoms with van der Waals surface area (Å²) in [5.41, 5.74) is 1.29. The van der Waals surface area contributed by atoms with Crippen LogP contribution in [0, 0.1) is 0 Å². The standard InChI is InChI=1S/C20H24N2O5S/c1-14(16-7-5-4-6-8-16)21-20(23)15(2)22(28(3,24)25)17-9-10-18-19(13-17)27-12-11-26-18/h4-10,13-15H,11-12H2,1-3H3,(H,21,23)/t14-,15-/m1/s1. The summed E-state index contributed by atoms with van der Waals surface area (Å²) in [5, 5.41) is 2.88. The van der Waals surface area contributed by atoms with Crippen molar-refractivity contribution in [3.8, 4) is 11.5 Å². The molecule has 8 heteroatoms. The van der Waals surface area contributed by atoms with E-state index in [1.807, 2.05) is 37.3 Å². The average Bonchev–Trinajstić information content (AvgIpc) is 2.67. The van der Waals surface area contributed by atoms with Gasteiger partial charge in [-0.05, 0) is 31.5 Å². The van der Waals surface area contributed by atoms with Crippen LogP contribution in [-0.2, 0) is 14.8 Å². The van der Waals surface area contributed by atoms with Crippen LogP contribution in [0.25, 0.3) is 0 Å². The molecule has 150 valence electrons. The summed E-state index contributed by atoms with van der Waals surface area (Å²) in [7, 11) is -3.71. The Morgan fingerprint density at radius 3 is 2.32 bits per heavy atom. The molecule has 0 saturated heterocycles. The summed E-state index contributed by atoms with van der Waals surface area (Å²) in [5.74, 6) is 0.623. The van der Waals surface area contributed by atoms with E-state index in [9.17, 15) is 13.2 Å². The minimum absolute atomic E-state index is 0.252. The Balaban J connectivity index is 1.84. The van der Waals surface area contributed by atoms with Gasteiger partial charge in [-0.1, -0.05) is 30.3 Å². The molecule has 28 heavy (non-hydrogen) atoms. The fraction of sp³-hybridized carbons (Fsp3) is 0.350. The average molecular weight is 404 g/mol. The van der Waals surface area contributed by atoms with Crippen molar-refractivity contribution in [3.05, 3.63) is 54.1 Å². The molecule has 1 aliphatic rings. The Bertz CT molecular complexity index is 946. The quantitative estimate of drug-likeness (QED) is 0.800. The SMILES string of the molecule is C[C@H](C(=O)N[C@H](C)c1ccccc1)N(c1ccc2c(c1)OCCO2)S(C)(=O)=O. The fourth-order valence-electron chi connectivity index (χ4n) is 3.14. The highest BCUT2D eigenvalue weighted by Crippen LogP contribution is 2.35. The Morgan fingerprint density at radius 1 is 1.04 bits per heavy atom. The first-order valence-corrected chi connectivity index (χ1v) is 10.9. The zero-order valence-electron chi connectivity index (χ0n) is 16.1. The molecule has 0 aliphatic carbocycles. The maximum Gasteiger partial charge on any atom is 0.244 e. The molecule has 0 saturated carbocycles. The van der Waals surface area contributed by atoms with Gasteiger partial charge >= 0.3 is 0 Å². The normalized spacial score (nSPS) is 15.4. The molecule has 0 radical (unpaired) electrons. The largest absolute Gasteiger partial charge is 0.486 e. The molecule has 1 N–H and O–H groups in total. The molecule has 0 spiro atoms. The van der Waals surface area contributed by atoms with E-state index in [1.165, 1.54) is 0 Å². The van der Waals surface area contributed by atoms with Gasteiger partial charge in [0.2, 0.25) is 15.9 Å².